The normalized spacial score (nSPS) is 15.6. The van der Waals surface area contributed by atoms with Gasteiger partial charge in [0.1, 0.15) is 17.5 Å². The topological polar surface area (TPSA) is 95.0 Å². The summed E-state index contributed by atoms with van der Waals surface area (Å²) in [5.41, 5.74) is 5.37. The summed E-state index contributed by atoms with van der Waals surface area (Å²) in [4.78, 5) is 19.0. The van der Waals surface area contributed by atoms with Gasteiger partial charge >= 0.3 is 6.09 Å². The summed E-state index contributed by atoms with van der Waals surface area (Å²) in [5, 5.41) is 19.7. The molecule has 0 saturated heterocycles. The van der Waals surface area contributed by atoms with Crippen LogP contribution in [0.15, 0.2) is 71.2 Å². The number of nitrogens with zero attached hydrogens (tertiary/aromatic N) is 1. The number of aliphatic hydroxyl groups excluding tert-OH is 2. The maximum Gasteiger partial charge on any atom is 0.416 e. The number of carbonyl (C=O) groups excluding carboxylic acids is 1. The van der Waals surface area contributed by atoms with Crippen LogP contribution in [-0.4, -0.2) is 52.1 Å². The Bertz CT molecular complexity index is 1430. The minimum atomic E-state index is -0.797. The van der Waals surface area contributed by atoms with Crippen LogP contribution in [0.1, 0.15) is 54.6 Å². The van der Waals surface area contributed by atoms with E-state index in [2.05, 4.69) is 40.0 Å². The predicted molar refractivity (Wildman–Crippen MR) is 159 cm³/mol. The molecule has 1 aliphatic rings. The van der Waals surface area contributed by atoms with Gasteiger partial charge in [0.2, 0.25) is 0 Å². The second-order valence-corrected chi connectivity index (χ2v) is 11.1. The summed E-state index contributed by atoms with van der Waals surface area (Å²) >= 11 is 3.60. The van der Waals surface area contributed by atoms with Gasteiger partial charge in [0.05, 0.1) is 19.3 Å². The number of aliphatic hydroxyl groups is 2. The van der Waals surface area contributed by atoms with E-state index in [9.17, 15) is 9.90 Å². The van der Waals surface area contributed by atoms with Crippen LogP contribution in [0.3, 0.4) is 0 Å². The lowest BCUT2D eigenvalue weighted by atomic mass is 9.92. The zero-order valence-electron chi connectivity index (χ0n) is 22.6. The maximum absolute atomic E-state index is 13.6. The number of amides is 1. The number of unbranched alkanes of at least 4 members (excludes halogenated alkanes) is 1. The zero-order chi connectivity index (χ0) is 28.1. The third kappa shape index (κ3) is 6.35. The van der Waals surface area contributed by atoms with E-state index in [-0.39, 0.29) is 12.6 Å². The number of hydrogen-bond acceptors (Lipinski definition) is 5. The molecule has 1 aromatic heterocycles. The van der Waals surface area contributed by atoms with Crippen LogP contribution in [-0.2, 0) is 12.8 Å². The molecule has 0 aliphatic carbocycles. The number of hydrogen-bond donors (Lipinski definition) is 3. The molecular formula is C32H35BrN2O5. The number of nitrogens with one attached hydrogen (secondary N) is 1. The van der Waals surface area contributed by atoms with Crippen molar-refractivity contribution >= 4 is 32.9 Å². The number of aryl methyl sites for hydroxylation is 1. The van der Waals surface area contributed by atoms with Crippen molar-refractivity contribution in [2.24, 2.45) is 0 Å². The average molecular weight is 608 g/mol. The third-order valence-electron chi connectivity index (χ3n) is 7.40. The van der Waals surface area contributed by atoms with Gasteiger partial charge in [0.25, 0.3) is 0 Å². The number of benzene rings is 3. The molecule has 4 aromatic rings. The summed E-state index contributed by atoms with van der Waals surface area (Å²) in [7, 11) is 0. The van der Waals surface area contributed by atoms with Crippen LogP contribution in [0.5, 0.6) is 11.5 Å². The number of carbonyl (C=O) groups is 1. The number of aromatic amines is 1. The number of rotatable bonds is 10. The van der Waals surface area contributed by atoms with E-state index in [4.69, 9.17) is 14.6 Å². The third-order valence-corrected chi connectivity index (χ3v) is 7.89. The first-order chi connectivity index (χ1) is 19.5. The Labute approximate surface area is 242 Å². The van der Waals surface area contributed by atoms with Crippen LogP contribution >= 0.6 is 15.9 Å². The Balaban J connectivity index is 1.41. The SMILES string of the molecule is CCCCc1ccc(OC(=O)N2CCc3c([nH]c4ccc(Br)cc34)C2c2ccc(OCCC(O)CO)cc2)cc1. The second kappa shape index (κ2) is 12.9. The highest BCUT2D eigenvalue weighted by Crippen LogP contribution is 2.40. The summed E-state index contributed by atoms with van der Waals surface area (Å²) in [6, 6.07) is 21.3. The lowest BCUT2D eigenvalue weighted by Gasteiger charge is -2.35. The molecule has 2 unspecified atom stereocenters. The molecule has 0 bridgehead atoms. The number of aromatic nitrogens is 1. The number of halogens is 1. The molecule has 2 atom stereocenters. The van der Waals surface area contributed by atoms with Crippen molar-refractivity contribution in [3.63, 3.8) is 0 Å². The minimum absolute atomic E-state index is 0.289. The van der Waals surface area contributed by atoms with Crippen LogP contribution in [0.25, 0.3) is 10.9 Å². The van der Waals surface area contributed by atoms with E-state index < -0.39 is 12.2 Å². The van der Waals surface area contributed by atoms with E-state index in [0.29, 0.717) is 37.5 Å². The van der Waals surface area contributed by atoms with E-state index in [1.807, 2.05) is 54.6 Å². The van der Waals surface area contributed by atoms with Gasteiger partial charge in [-0.15, -0.1) is 0 Å². The first kappa shape index (κ1) is 28.2. The van der Waals surface area contributed by atoms with Gasteiger partial charge in [-0.3, -0.25) is 4.90 Å². The molecule has 0 radical (unpaired) electrons. The number of H-pyrrole nitrogens is 1. The van der Waals surface area contributed by atoms with Gasteiger partial charge in [0.15, 0.2) is 0 Å². The zero-order valence-corrected chi connectivity index (χ0v) is 24.2. The smallest absolute Gasteiger partial charge is 0.416 e. The summed E-state index contributed by atoms with van der Waals surface area (Å²) < 4.78 is 12.6. The van der Waals surface area contributed by atoms with Crippen molar-refractivity contribution in [3.05, 3.63) is 93.6 Å². The Morgan fingerprint density at radius 3 is 2.58 bits per heavy atom. The van der Waals surface area contributed by atoms with Crippen LogP contribution in [0.4, 0.5) is 4.79 Å². The fraction of sp³-hybridized carbons (Fsp3) is 0.344. The molecule has 0 fully saturated rings. The van der Waals surface area contributed by atoms with Crippen molar-refractivity contribution in [1.82, 2.24) is 9.88 Å². The lowest BCUT2D eigenvalue weighted by Crippen LogP contribution is -2.42. The van der Waals surface area contributed by atoms with Crippen molar-refractivity contribution in [3.8, 4) is 11.5 Å². The maximum atomic E-state index is 13.6. The van der Waals surface area contributed by atoms with E-state index >= 15 is 0 Å². The minimum Gasteiger partial charge on any atom is -0.493 e. The molecule has 2 heterocycles. The molecule has 8 heteroatoms. The van der Waals surface area contributed by atoms with Gasteiger partial charge in [0, 0.05) is 34.0 Å². The first-order valence-corrected chi connectivity index (χ1v) is 14.6. The second-order valence-electron chi connectivity index (χ2n) is 10.2. The summed E-state index contributed by atoms with van der Waals surface area (Å²) in [5.74, 6) is 1.19. The van der Waals surface area contributed by atoms with Gasteiger partial charge in [-0.2, -0.15) is 0 Å². The molecule has 5 rings (SSSR count). The lowest BCUT2D eigenvalue weighted by molar-refractivity contribution is 0.0754. The Morgan fingerprint density at radius 2 is 1.85 bits per heavy atom. The molecule has 3 N–H and O–H groups in total. The largest absolute Gasteiger partial charge is 0.493 e. The fourth-order valence-corrected chi connectivity index (χ4v) is 5.58. The Kier molecular flexibility index (Phi) is 9.09. The number of ether oxygens (including phenoxy) is 2. The fourth-order valence-electron chi connectivity index (χ4n) is 5.22. The van der Waals surface area contributed by atoms with Crippen LogP contribution in [0.2, 0.25) is 0 Å². The van der Waals surface area contributed by atoms with E-state index in [1.54, 1.807) is 4.90 Å². The molecule has 1 aliphatic heterocycles. The van der Waals surface area contributed by atoms with Gasteiger partial charge in [-0.05, 0) is 78.4 Å². The molecule has 0 saturated carbocycles. The molecule has 0 spiro atoms. The van der Waals surface area contributed by atoms with Gasteiger partial charge in [-0.25, -0.2) is 4.79 Å². The monoisotopic (exact) mass is 606 g/mol. The summed E-state index contributed by atoms with van der Waals surface area (Å²) in [6.07, 6.45) is 3.14. The average Bonchev–Trinajstić information content (AvgIpc) is 3.34. The van der Waals surface area contributed by atoms with Gasteiger partial charge < -0.3 is 24.7 Å². The van der Waals surface area contributed by atoms with Crippen LogP contribution < -0.4 is 9.47 Å². The Morgan fingerprint density at radius 1 is 1.10 bits per heavy atom. The first-order valence-electron chi connectivity index (χ1n) is 13.9. The van der Waals surface area contributed by atoms with Crippen molar-refractivity contribution in [2.45, 2.75) is 51.2 Å². The standard InChI is InChI=1S/C32H35BrN2O5/c1-2-3-4-21-5-10-26(11-6-21)40-32(38)35-17-15-27-28-19-23(33)9-14-29(28)34-30(27)31(35)22-7-12-25(13-8-22)39-18-16-24(37)20-36/h5-14,19,24,31,34,36-37H,2-4,15-18,20H2,1H3. The Hall–Kier alpha value is -3.33. The van der Waals surface area contributed by atoms with Crippen molar-refractivity contribution < 1.29 is 24.5 Å². The van der Waals surface area contributed by atoms with E-state index in [1.165, 1.54) is 11.1 Å². The molecule has 3 aromatic carbocycles. The van der Waals surface area contributed by atoms with Gasteiger partial charge in [-0.1, -0.05) is 53.5 Å². The summed E-state index contributed by atoms with van der Waals surface area (Å²) in [6.45, 7) is 2.69. The highest BCUT2D eigenvalue weighted by molar-refractivity contribution is 9.10. The quantitative estimate of drug-likeness (QED) is 0.190. The van der Waals surface area contributed by atoms with Crippen LogP contribution in [0, 0.1) is 0 Å². The van der Waals surface area contributed by atoms with E-state index in [0.717, 1.165) is 45.9 Å². The molecule has 7 nitrogen and oxygen atoms in total. The molecule has 40 heavy (non-hydrogen) atoms. The van der Waals surface area contributed by atoms with Crippen molar-refractivity contribution in [1.29, 1.82) is 0 Å². The number of fused-ring (bicyclic) bond motifs is 3. The van der Waals surface area contributed by atoms with Crippen molar-refractivity contribution in [2.75, 3.05) is 19.8 Å². The highest BCUT2D eigenvalue weighted by atomic mass is 79.9. The molecule has 210 valence electrons. The highest BCUT2D eigenvalue weighted by Gasteiger charge is 2.35. The molecular weight excluding hydrogens is 572 g/mol. The predicted octanol–water partition coefficient (Wildman–Crippen LogP) is 6.54. The molecule has 1 amide bonds.